The Morgan fingerprint density at radius 3 is 2.57 bits per heavy atom. The molecule has 0 aromatic heterocycles. The Bertz CT molecular complexity index is 457. The fourth-order valence-electron chi connectivity index (χ4n) is 2.64. The molecule has 1 aromatic rings. The monoisotopic (exact) mass is 292 g/mol. The van der Waals surface area contributed by atoms with E-state index in [9.17, 15) is 4.79 Å². The summed E-state index contributed by atoms with van der Waals surface area (Å²) < 4.78 is 10.2. The van der Waals surface area contributed by atoms with Gasteiger partial charge in [-0.15, -0.1) is 0 Å². The highest BCUT2D eigenvalue weighted by Gasteiger charge is 2.26. The van der Waals surface area contributed by atoms with Gasteiger partial charge >= 0.3 is 0 Å². The lowest BCUT2D eigenvalue weighted by Gasteiger charge is -2.23. The van der Waals surface area contributed by atoms with Crippen LogP contribution in [0, 0.1) is 0 Å². The van der Waals surface area contributed by atoms with Gasteiger partial charge in [0.25, 0.3) is 0 Å². The molecule has 1 N–H and O–H groups in total. The topological polar surface area (TPSA) is 50.8 Å². The second-order valence-corrected chi connectivity index (χ2v) is 5.24. The van der Waals surface area contributed by atoms with Gasteiger partial charge in [-0.2, -0.15) is 0 Å². The molecule has 0 spiro atoms. The van der Waals surface area contributed by atoms with Gasteiger partial charge < -0.3 is 19.7 Å². The molecule has 0 saturated heterocycles. The third kappa shape index (κ3) is 4.19. The molecule has 2 rings (SSSR count). The molecule has 0 radical (unpaired) electrons. The molecule has 1 aliphatic rings. The number of para-hydroxylation sites is 1. The minimum absolute atomic E-state index is 0.160. The Morgan fingerprint density at radius 1 is 1.24 bits per heavy atom. The molecule has 21 heavy (non-hydrogen) atoms. The largest absolute Gasteiger partial charge is 0.384 e. The van der Waals surface area contributed by atoms with E-state index in [1.807, 2.05) is 17.0 Å². The number of benzene rings is 1. The van der Waals surface area contributed by atoms with Gasteiger partial charge in [0.1, 0.15) is 0 Å². The average molecular weight is 292 g/mol. The molecule has 0 saturated carbocycles. The van der Waals surface area contributed by atoms with Crippen molar-refractivity contribution < 1.29 is 14.3 Å². The Hall–Kier alpha value is -1.59. The number of amides is 1. The number of hydrogen-bond acceptors (Lipinski definition) is 4. The smallest absolute Gasteiger partial charge is 0.223 e. The predicted octanol–water partition coefficient (Wildman–Crippen LogP) is 1.71. The van der Waals surface area contributed by atoms with Crippen molar-refractivity contribution in [3.05, 3.63) is 29.8 Å². The van der Waals surface area contributed by atoms with E-state index in [1.54, 1.807) is 14.2 Å². The second-order valence-electron chi connectivity index (χ2n) is 5.24. The van der Waals surface area contributed by atoms with Crippen LogP contribution in [-0.4, -0.2) is 57.9 Å². The van der Waals surface area contributed by atoms with Gasteiger partial charge in [-0.05, 0) is 11.6 Å². The highest BCUT2D eigenvalue weighted by Crippen LogP contribution is 2.33. The van der Waals surface area contributed by atoms with E-state index in [4.69, 9.17) is 9.47 Å². The number of ether oxygens (including phenoxy) is 2. The van der Waals surface area contributed by atoms with Gasteiger partial charge in [0, 0.05) is 51.9 Å². The molecule has 5 nitrogen and oxygen atoms in total. The molecule has 1 amide bonds. The van der Waals surface area contributed by atoms with E-state index >= 15 is 0 Å². The van der Waals surface area contributed by atoms with E-state index in [1.165, 1.54) is 5.56 Å². The molecule has 5 heteroatoms. The first-order chi connectivity index (χ1) is 10.3. The molecule has 1 aromatic carbocycles. The van der Waals surface area contributed by atoms with Crippen molar-refractivity contribution in [2.45, 2.75) is 12.3 Å². The first-order valence-electron chi connectivity index (χ1n) is 7.34. The van der Waals surface area contributed by atoms with Crippen molar-refractivity contribution in [3.63, 3.8) is 0 Å². The minimum atomic E-state index is 0.160. The lowest BCUT2D eigenvalue weighted by atomic mass is 9.97. The van der Waals surface area contributed by atoms with Crippen molar-refractivity contribution in [2.75, 3.05) is 52.4 Å². The molecule has 1 unspecified atom stereocenters. The van der Waals surface area contributed by atoms with Crippen LogP contribution in [0.1, 0.15) is 17.9 Å². The summed E-state index contributed by atoms with van der Waals surface area (Å²) in [6.07, 6.45) is 0.525. The molecule has 1 heterocycles. The van der Waals surface area contributed by atoms with Crippen molar-refractivity contribution in [3.8, 4) is 0 Å². The van der Waals surface area contributed by atoms with Crippen molar-refractivity contribution in [1.82, 2.24) is 4.90 Å². The zero-order valence-corrected chi connectivity index (χ0v) is 12.8. The molecule has 1 atom stereocenters. The zero-order valence-electron chi connectivity index (χ0n) is 12.8. The maximum Gasteiger partial charge on any atom is 0.223 e. The normalized spacial score (nSPS) is 16.4. The quantitative estimate of drug-likeness (QED) is 0.792. The van der Waals surface area contributed by atoms with Gasteiger partial charge in [0.05, 0.1) is 13.2 Å². The number of hydrogen-bond donors (Lipinski definition) is 1. The van der Waals surface area contributed by atoms with Gasteiger partial charge in [-0.25, -0.2) is 0 Å². The van der Waals surface area contributed by atoms with E-state index < -0.39 is 0 Å². The number of nitrogens with zero attached hydrogens (tertiary/aromatic N) is 1. The number of rotatable bonds is 8. The number of nitrogens with one attached hydrogen (secondary N) is 1. The molecular formula is C16H24N2O3. The van der Waals surface area contributed by atoms with E-state index in [0.717, 1.165) is 12.2 Å². The van der Waals surface area contributed by atoms with E-state index in [0.29, 0.717) is 32.7 Å². The highest BCUT2D eigenvalue weighted by molar-refractivity contribution is 5.78. The van der Waals surface area contributed by atoms with Crippen LogP contribution in [0.4, 0.5) is 5.69 Å². The standard InChI is InChI=1S/C16H24N2O3/c1-20-9-7-18(8-10-21-2)16(19)11-13-12-17-15-6-4-3-5-14(13)15/h3-6,13,17H,7-12H2,1-2H3. The second kappa shape index (κ2) is 8.00. The van der Waals surface area contributed by atoms with Crippen molar-refractivity contribution in [2.24, 2.45) is 0 Å². The maximum absolute atomic E-state index is 12.5. The van der Waals surface area contributed by atoms with Crippen molar-refractivity contribution in [1.29, 1.82) is 0 Å². The number of methoxy groups -OCH3 is 2. The third-order valence-corrected chi connectivity index (χ3v) is 3.84. The van der Waals surface area contributed by atoms with Crippen LogP contribution >= 0.6 is 0 Å². The SMILES string of the molecule is COCCN(CCOC)C(=O)CC1CNc2ccccc21. The number of carbonyl (C=O) groups excluding carboxylic acids is 1. The molecular weight excluding hydrogens is 268 g/mol. The van der Waals surface area contributed by atoms with Crippen LogP contribution in [0.3, 0.4) is 0 Å². The fourth-order valence-corrected chi connectivity index (χ4v) is 2.64. The number of anilines is 1. The Kier molecular flexibility index (Phi) is 6.02. The predicted molar refractivity (Wildman–Crippen MR) is 82.6 cm³/mol. The van der Waals surface area contributed by atoms with Gasteiger partial charge in [-0.3, -0.25) is 4.79 Å². The molecule has 0 fully saturated rings. The summed E-state index contributed by atoms with van der Waals surface area (Å²) in [4.78, 5) is 14.3. The first-order valence-corrected chi connectivity index (χ1v) is 7.34. The molecule has 1 aliphatic heterocycles. The summed E-state index contributed by atoms with van der Waals surface area (Å²) in [7, 11) is 3.30. The van der Waals surface area contributed by atoms with Crippen LogP contribution in [0.2, 0.25) is 0 Å². The third-order valence-electron chi connectivity index (χ3n) is 3.84. The highest BCUT2D eigenvalue weighted by atomic mass is 16.5. The van der Waals surface area contributed by atoms with Crippen LogP contribution < -0.4 is 5.32 Å². The summed E-state index contributed by atoms with van der Waals surface area (Å²) in [5.74, 6) is 0.411. The van der Waals surface area contributed by atoms with Crippen LogP contribution in [-0.2, 0) is 14.3 Å². The molecule has 0 aliphatic carbocycles. The Labute approximate surface area is 126 Å². The Morgan fingerprint density at radius 2 is 1.90 bits per heavy atom. The lowest BCUT2D eigenvalue weighted by molar-refractivity contribution is -0.132. The summed E-state index contributed by atoms with van der Waals surface area (Å²) in [5.41, 5.74) is 2.39. The first kappa shape index (κ1) is 15.8. The average Bonchev–Trinajstić information content (AvgIpc) is 2.91. The van der Waals surface area contributed by atoms with Gasteiger partial charge in [0.15, 0.2) is 0 Å². The lowest BCUT2D eigenvalue weighted by Crippen LogP contribution is -2.37. The Balaban J connectivity index is 1.95. The minimum Gasteiger partial charge on any atom is -0.384 e. The fraction of sp³-hybridized carbons (Fsp3) is 0.562. The van der Waals surface area contributed by atoms with Crippen LogP contribution in [0.15, 0.2) is 24.3 Å². The van der Waals surface area contributed by atoms with E-state index in [2.05, 4.69) is 17.4 Å². The summed E-state index contributed by atoms with van der Waals surface area (Å²) >= 11 is 0. The molecule has 116 valence electrons. The summed E-state index contributed by atoms with van der Waals surface area (Å²) in [6.45, 7) is 3.15. The number of fused-ring (bicyclic) bond motifs is 1. The summed E-state index contributed by atoms with van der Waals surface area (Å²) in [6, 6.07) is 8.20. The van der Waals surface area contributed by atoms with Crippen LogP contribution in [0.5, 0.6) is 0 Å². The summed E-state index contributed by atoms with van der Waals surface area (Å²) in [5, 5.41) is 3.36. The van der Waals surface area contributed by atoms with Gasteiger partial charge in [-0.1, -0.05) is 18.2 Å². The van der Waals surface area contributed by atoms with Gasteiger partial charge in [0.2, 0.25) is 5.91 Å². The number of carbonyl (C=O) groups is 1. The van der Waals surface area contributed by atoms with E-state index in [-0.39, 0.29) is 11.8 Å². The van der Waals surface area contributed by atoms with Crippen LogP contribution in [0.25, 0.3) is 0 Å². The van der Waals surface area contributed by atoms with Crippen molar-refractivity contribution >= 4 is 11.6 Å². The molecule has 0 bridgehead atoms. The maximum atomic E-state index is 12.5. The zero-order chi connectivity index (χ0) is 15.1.